The molecule has 1 aromatic carbocycles. The van der Waals surface area contributed by atoms with E-state index in [0.717, 1.165) is 37.8 Å². The Balaban J connectivity index is 1.73. The van der Waals surface area contributed by atoms with Crippen LogP contribution in [0.1, 0.15) is 46.5 Å². The zero-order valence-corrected chi connectivity index (χ0v) is 17.4. The molecule has 1 aliphatic rings. The Labute approximate surface area is 162 Å². The Morgan fingerprint density at radius 3 is 2.22 bits per heavy atom. The van der Waals surface area contributed by atoms with Gasteiger partial charge >= 0.3 is 0 Å². The van der Waals surface area contributed by atoms with Gasteiger partial charge < -0.3 is 14.5 Å². The van der Waals surface area contributed by atoms with E-state index < -0.39 is 0 Å². The lowest BCUT2D eigenvalue weighted by Gasteiger charge is -2.39. The van der Waals surface area contributed by atoms with Gasteiger partial charge in [0.25, 0.3) is 0 Å². The highest BCUT2D eigenvalue weighted by Crippen LogP contribution is 2.23. The van der Waals surface area contributed by atoms with Crippen LogP contribution in [-0.4, -0.2) is 53.5 Å². The third-order valence-electron chi connectivity index (χ3n) is 5.36. The second-order valence-corrected chi connectivity index (χ2v) is 8.68. The maximum absolute atomic E-state index is 5.27. The number of nitrogens with zero attached hydrogens (tertiary/aromatic N) is 5. The summed E-state index contributed by atoms with van der Waals surface area (Å²) in [7, 11) is 1.70. The van der Waals surface area contributed by atoms with Gasteiger partial charge in [0.15, 0.2) is 6.04 Å². The summed E-state index contributed by atoms with van der Waals surface area (Å²) in [6.07, 6.45) is 0. The summed E-state index contributed by atoms with van der Waals surface area (Å²) in [5.74, 6) is 2.38. The SMILES string of the molecule is COc1ccc(N2CC[NH+]([C@@H](c3nnnn3C(C)(C)C)C(C)C)CC2)cc1. The summed E-state index contributed by atoms with van der Waals surface area (Å²) in [6, 6.07) is 8.65. The third-order valence-corrected chi connectivity index (χ3v) is 5.36. The number of tetrazole rings is 1. The molecule has 0 spiro atoms. The molecule has 27 heavy (non-hydrogen) atoms. The van der Waals surface area contributed by atoms with E-state index in [2.05, 4.69) is 67.2 Å². The maximum atomic E-state index is 5.27. The first-order valence-corrected chi connectivity index (χ1v) is 9.83. The molecular formula is C20H33N6O+. The van der Waals surface area contributed by atoms with Crippen LogP contribution < -0.4 is 14.5 Å². The van der Waals surface area contributed by atoms with Gasteiger partial charge in [0.05, 0.1) is 38.8 Å². The molecule has 1 atom stereocenters. The minimum absolute atomic E-state index is 0.115. The zero-order chi connectivity index (χ0) is 19.6. The van der Waals surface area contributed by atoms with E-state index in [0.29, 0.717) is 12.0 Å². The molecular weight excluding hydrogens is 340 g/mol. The normalized spacial score (nSPS) is 17.4. The van der Waals surface area contributed by atoms with E-state index in [1.54, 1.807) is 12.0 Å². The summed E-state index contributed by atoms with van der Waals surface area (Å²) in [4.78, 5) is 4.02. The van der Waals surface area contributed by atoms with Crippen LogP contribution in [-0.2, 0) is 5.54 Å². The number of aromatic nitrogens is 4. The van der Waals surface area contributed by atoms with Crippen LogP contribution in [0.5, 0.6) is 5.75 Å². The molecule has 0 amide bonds. The van der Waals surface area contributed by atoms with Crippen molar-refractivity contribution in [1.82, 2.24) is 20.2 Å². The molecule has 1 aromatic heterocycles. The van der Waals surface area contributed by atoms with Crippen LogP contribution >= 0.6 is 0 Å². The molecule has 7 heteroatoms. The zero-order valence-electron chi connectivity index (χ0n) is 17.4. The molecule has 1 aliphatic heterocycles. The number of anilines is 1. The van der Waals surface area contributed by atoms with Gasteiger partial charge in [-0.25, -0.2) is 4.68 Å². The predicted octanol–water partition coefficient (Wildman–Crippen LogP) is 1.54. The largest absolute Gasteiger partial charge is 0.497 e. The Hall–Kier alpha value is -2.15. The van der Waals surface area contributed by atoms with E-state index in [4.69, 9.17) is 4.74 Å². The fraction of sp³-hybridized carbons (Fsp3) is 0.650. The topological polar surface area (TPSA) is 60.5 Å². The van der Waals surface area contributed by atoms with Crippen molar-refractivity contribution in [2.24, 2.45) is 5.92 Å². The molecule has 7 nitrogen and oxygen atoms in total. The van der Waals surface area contributed by atoms with Gasteiger partial charge in [0.2, 0.25) is 5.82 Å². The minimum atomic E-state index is -0.115. The van der Waals surface area contributed by atoms with E-state index >= 15 is 0 Å². The number of methoxy groups -OCH3 is 1. The van der Waals surface area contributed by atoms with Gasteiger partial charge in [0.1, 0.15) is 5.75 Å². The van der Waals surface area contributed by atoms with Crippen LogP contribution in [0, 0.1) is 5.92 Å². The molecule has 2 aromatic rings. The average Bonchev–Trinajstić information content (AvgIpc) is 3.12. The molecule has 0 radical (unpaired) electrons. The van der Waals surface area contributed by atoms with Gasteiger partial charge in [0, 0.05) is 11.6 Å². The lowest BCUT2D eigenvalue weighted by Crippen LogP contribution is -3.15. The molecule has 148 valence electrons. The lowest BCUT2D eigenvalue weighted by atomic mass is 9.99. The second kappa shape index (κ2) is 7.84. The highest BCUT2D eigenvalue weighted by atomic mass is 16.5. The fourth-order valence-corrected chi connectivity index (χ4v) is 3.97. The Kier molecular flexibility index (Phi) is 5.69. The number of piperazine rings is 1. The highest BCUT2D eigenvalue weighted by molar-refractivity contribution is 5.49. The smallest absolute Gasteiger partial charge is 0.210 e. The van der Waals surface area contributed by atoms with Gasteiger partial charge in [-0.2, -0.15) is 0 Å². The van der Waals surface area contributed by atoms with Crippen molar-refractivity contribution in [3.05, 3.63) is 30.1 Å². The number of quaternary nitrogens is 1. The lowest BCUT2D eigenvalue weighted by molar-refractivity contribution is -0.937. The van der Waals surface area contributed by atoms with E-state index in [1.807, 2.05) is 16.8 Å². The first kappa shape index (κ1) is 19.6. The molecule has 0 unspecified atom stereocenters. The van der Waals surface area contributed by atoms with Gasteiger partial charge in [-0.15, -0.1) is 5.10 Å². The fourth-order valence-electron chi connectivity index (χ4n) is 3.97. The molecule has 1 N–H and O–H groups in total. The number of rotatable bonds is 5. The number of ether oxygens (including phenoxy) is 1. The summed E-state index contributed by atoms with van der Waals surface area (Å²) < 4.78 is 7.27. The minimum Gasteiger partial charge on any atom is -0.497 e. The molecule has 0 aliphatic carbocycles. The van der Waals surface area contributed by atoms with Crippen LogP contribution in [0.2, 0.25) is 0 Å². The maximum Gasteiger partial charge on any atom is 0.210 e. The Morgan fingerprint density at radius 2 is 1.70 bits per heavy atom. The monoisotopic (exact) mass is 373 g/mol. The van der Waals surface area contributed by atoms with E-state index in [1.165, 1.54) is 5.69 Å². The van der Waals surface area contributed by atoms with Crippen molar-refractivity contribution in [1.29, 1.82) is 0 Å². The van der Waals surface area contributed by atoms with Crippen molar-refractivity contribution in [3.8, 4) is 5.75 Å². The molecule has 0 bridgehead atoms. The molecule has 3 rings (SSSR count). The number of nitrogens with one attached hydrogen (secondary N) is 1. The van der Waals surface area contributed by atoms with Crippen molar-refractivity contribution in [3.63, 3.8) is 0 Å². The molecule has 1 fully saturated rings. The van der Waals surface area contributed by atoms with Gasteiger partial charge in [-0.3, -0.25) is 0 Å². The van der Waals surface area contributed by atoms with Crippen LogP contribution in [0.15, 0.2) is 24.3 Å². The Morgan fingerprint density at radius 1 is 1.07 bits per heavy atom. The molecule has 1 saturated heterocycles. The van der Waals surface area contributed by atoms with Crippen molar-refractivity contribution in [2.45, 2.75) is 46.2 Å². The standard InChI is InChI=1S/C20H32N6O/c1-15(2)18(19-21-22-23-26(19)20(3,4)5)25-13-11-24(12-14-25)16-7-9-17(27-6)10-8-16/h7-10,15,18H,11-14H2,1-6H3/p+1/t18-/m1/s1. The van der Waals surface area contributed by atoms with Gasteiger partial charge in [-0.1, -0.05) is 13.8 Å². The van der Waals surface area contributed by atoms with Crippen molar-refractivity contribution < 1.29 is 9.64 Å². The average molecular weight is 374 g/mol. The van der Waals surface area contributed by atoms with Crippen molar-refractivity contribution >= 4 is 5.69 Å². The summed E-state index contributed by atoms with van der Waals surface area (Å²) in [6.45, 7) is 15.2. The van der Waals surface area contributed by atoms with Crippen molar-refractivity contribution in [2.75, 3.05) is 38.2 Å². The number of hydrogen-bond donors (Lipinski definition) is 1. The van der Waals surface area contributed by atoms with Crippen LogP contribution in [0.3, 0.4) is 0 Å². The first-order valence-electron chi connectivity index (χ1n) is 9.83. The van der Waals surface area contributed by atoms with E-state index in [9.17, 15) is 0 Å². The summed E-state index contributed by atoms with van der Waals surface area (Å²) >= 11 is 0. The van der Waals surface area contributed by atoms with Crippen LogP contribution in [0.25, 0.3) is 0 Å². The highest BCUT2D eigenvalue weighted by Gasteiger charge is 2.37. The molecule has 2 heterocycles. The molecule has 0 saturated carbocycles. The quantitative estimate of drug-likeness (QED) is 0.861. The number of benzene rings is 1. The predicted molar refractivity (Wildman–Crippen MR) is 106 cm³/mol. The van der Waals surface area contributed by atoms with Gasteiger partial charge in [-0.05, 0) is 55.5 Å². The first-order chi connectivity index (χ1) is 12.8. The summed E-state index contributed by atoms with van der Waals surface area (Å²) in [5.41, 5.74) is 1.14. The second-order valence-electron chi connectivity index (χ2n) is 8.68. The summed E-state index contributed by atoms with van der Waals surface area (Å²) in [5, 5.41) is 12.7. The number of hydrogen-bond acceptors (Lipinski definition) is 5. The third kappa shape index (κ3) is 4.24. The van der Waals surface area contributed by atoms with Crippen LogP contribution in [0.4, 0.5) is 5.69 Å². The Bertz CT molecular complexity index is 726. The van der Waals surface area contributed by atoms with E-state index in [-0.39, 0.29) is 5.54 Å².